The normalized spacial score (nSPS) is 15.2. The molecular formula is C28H38FNO7P+. The molecule has 0 bridgehead atoms. The third-order valence-corrected chi connectivity index (χ3v) is 7.35. The number of rotatable bonds is 10. The minimum absolute atomic E-state index is 0.0379. The van der Waals surface area contributed by atoms with Crippen molar-refractivity contribution in [3.05, 3.63) is 52.1 Å². The van der Waals surface area contributed by atoms with Crippen LogP contribution in [0, 0.1) is 25.1 Å². The van der Waals surface area contributed by atoms with Crippen LogP contribution in [0.5, 0.6) is 11.5 Å². The number of halogens is 1. The first-order chi connectivity index (χ1) is 18.0. The van der Waals surface area contributed by atoms with E-state index in [1.165, 1.54) is 12.8 Å². The third-order valence-electron chi connectivity index (χ3n) is 6.71. The summed E-state index contributed by atoms with van der Waals surface area (Å²) in [6.07, 6.45) is 7.14. The van der Waals surface area contributed by atoms with E-state index in [-0.39, 0.29) is 17.4 Å². The van der Waals surface area contributed by atoms with E-state index in [1.54, 1.807) is 45.9 Å². The number of hydrogen-bond acceptors (Lipinski definition) is 8. The molecule has 1 N–H and O–H groups in total. The summed E-state index contributed by atoms with van der Waals surface area (Å²) in [7, 11) is -2.62. The van der Waals surface area contributed by atoms with E-state index < -0.39 is 39.0 Å². The second-order valence-corrected chi connectivity index (χ2v) is 11.7. The van der Waals surface area contributed by atoms with Gasteiger partial charge in [0.1, 0.15) is 5.75 Å². The Morgan fingerprint density at radius 3 is 2.42 bits per heavy atom. The number of aromatic nitrogens is 1. The summed E-state index contributed by atoms with van der Waals surface area (Å²) in [5, 5.41) is 10.5. The molecule has 0 saturated heterocycles. The fraction of sp³-hybridized carbons (Fsp3) is 0.571. The molecule has 2 aromatic rings. The van der Waals surface area contributed by atoms with Crippen LogP contribution in [0.1, 0.15) is 93.3 Å². The van der Waals surface area contributed by atoms with Crippen molar-refractivity contribution in [2.75, 3.05) is 13.6 Å². The molecule has 10 heteroatoms. The zero-order chi connectivity index (χ0) is 27.9. The van der Waals surface area contributed by atoms with Crippen LogP contribution in [0.15, 0.2) is 18.2 Å². The Kier molecular flexibility index (Phi) is 10.6. The van der Waals surface area contributed by atoms with Gasteiger partial charge in [-0.3, -0.25) is 9.78 Å². The topological polar surface area (TPSA) is 104 Å². The number of hydrogen-bond donors (Lipinski definition) is 1. The lowest BCUT2D eigenvalue weighted by Crippen LogP contribution is -2.23. The minimum atomic E-state index is -2.62. The molecule has 1 aromatic heterocycles. The molecule has 1 fully saturated rings. The van der Waals surface area contributed by atoms with E-state index in [0.717, 1.165) is 48.2 Å². The number of aryl methyl sites for hydroxylation is 1. The first-order valence-electron chi connectivity index (χ1n) is 13.0. The number of nitrogens with zero attached hydrogens (tertiary/aromatic N) is 1. The van der Waals surface area contributed by atoms with Gasteiger partial charge in [-0.05, 0) is 82.3 Å². The highest BCUT2D eigenvalue weighted by Gasteiger charge is 2.27. The molecule has 3 rings (SSSR count). The average molecular weight is 551 g/mol. The lowest BCUT2D eigenvalue weighted by Gasteiger charge is -2.18. The highest BCUT2D eigenvalue weighted by atomic mass is 31.1. The number of ether oxygens (including phenoxy) is 2. The molecule has 1 aliphatic carbocycles. The molecule has 0 aliphatic heterocycles. The molecule has 0 radical (unpaired) electrons. The average Bonchev–Trinajstić information content (AvgIpc) is 3.14. The molecule has 0 spiro atoms. The zero-order valence-corrected chi connectivity index (χ0v) is 23.7. The quantitative estimate of drug-likeness (QED) is 0.144. The van der Waals surface area contributed by atoms with Crippen LogP contribution >= 0.6 is 8.25 Å². The predicted octanol–water partition coefficient (Wildman–Crippen LogP) is 7.15. The van der Waals surface area contributed by atoms with Crippen LogP contribution in [0.25, 0.3) is 0 Å². The SMILES string of the molecule is Cc1cc(OCO[P+](=O)OCOC(=O)C(C)(C)C)c(F)c(C)c1Cc1ccc(O)c(C2CCCCCC2)n1. The smallest absolute Gasteiger partial charge is 0.506 e. The number of carbonyl (C=O) groups is 1. The summed E-state index contributed by atoms with van der Waals surface area (Å²) in [5.41, 5.74) is 2.80. The molecule has 0 amide bonds. The van der Waals surface area contributed by atoms with Crippen LogP contribution in [-0.2, 0) is 29.6 Å². The van der Waals surface area contributed by atoms with Gasteiger partial charge in [0.2, 0.25) is 13.6 Å². The van der Waals surface area contributed by atoms with E-state index in [9.17, 15) is 14.5 Å². The molecule has 1 atom stereocenters. The highest BCUT2D eigenvalue weighted by molar-refractivity contribution is 7.33. The van der Waals surface area contributed by atoms with Crippen molar-refractivity contribution in [1.29, 1.82) is 0 Å². The summed E-state index contributed by atoms with van der Waals surface area (Å²) < 4.78 is 47.0. The predicted molar refractivity (Wildman–Crippen MR) is 141 cm³/mol. The second-order valence-electron chi connectivity index (χ2n) is 10.7. The molecule has 38 heavy (non-hydrogen) atoms. The maximum Gasteiger partial charge on any atom is 0.704 e. The Morgan fingerprint density at radius 1 is 1.11 bits per heavy atom. The Bertz CT molecular complexity index is 1140. The monoisotopic (exact) mass is 550 g/mol. The molecule has 1 saturated carbocycles. The van der Waals surface area contributed by atoms with Gasteiger partial charge in [0.15, 0.2) is 11.6 Å². The Hall–Kier alpha value is -2.61. The van der Waals surface area contributed by atoms with E-state index in [1.807, 2.05) is 6.92 Å². The molecule has 8 nitrogen and oxygen atoms in total. The number of esters is 1. The number of aromatic hydroxyl groups is 1. The van der Waals surface area contributed by atoms with E-state index in [4.69, 9.17) is 23.5 Å². The van der Waals surface area contributed by atoms with Crippen molar-refractivity contribution >= 4 is 14.2 Å². The van der Waals surface area contributed by atoms with Gasteiger partial charge in [0.05, 0.1) is 11.1 Å². The fourth-order valence-electron chi connectivity index (χ4n) is 4.49. The van der Waals surface area contributed by atoms with Gasteiger partial charge in [-0.25, -0.2) is 4.39 Å². The first-order valence-corrected chi connectivity index (χ1v) is 14.1. The molecule has 1 heterocycles. The first kappa shape index (κ1) is 29.9. The zero-order valence-electron chi connectivity index (χ0n) is 22.8. The van der Waals surface area contributed by atoms with Gasteiger partial charge in [-0.15, -0.1) is 0 Å². The molecular weight excluding hydrogens is 512 g/mol. The van der Waals surface area contributed by atoms with Gasteiger partial charge in [-0.2, -0.15) is 0 Å². The van der Waals surface area contributed by atoms with Crippen LogP contribution in [0.3, 0.4) is 0 Å². The van der Waals surface area contributed by atoms with E-state index in [2.05, 4.69) is 0 Å². The van der Waals surface area contributed by atoms with E-state index in [0.29, 0.717) is 12.0 Å². The van der Waals surface area contributed by atoms with Crippen molar-refractivity contribution in [1.82, 2.24) is 4.98 Å². The van der Waals surface area contributed by atoms with Crippen molar-refractivity contribution in [2.24, 2.45) is 5.41 Å². The largest absolute Gasteiger partial charge is 0.704 e. The Labute approximate surface area is 224 Å². The number of benzene rings is 1. The summed E-state index contributed by atoms with van der Waals surface area (Å²) in [6.45, 7) is 7.53. The van der Waals surface area contributed by atoms with Crippen molar-refractivity contribution in [3.63, 3.8) is 0 Å². The minimum Gasteiger partial charge on any atom is -0.506 e. The summed E-state index contributed by atoms with van der Waals surface area (Å²) >= 11 is 0. The second kappa shape index (κ2) is 13.5. The van der Waals surface area contributed by atoms with Gasteiger partial charge < -0.3 is 14.6 Å². The van der Waals surface area contributed by atoms with E-state index >= 15 is 4.39 Å². The molecule has 1 aliphatic rings. The van der Waals surface area contributed by atoms with Crippen LogP contribution in [-0.4, -0.2) is 29.6 Å². The van der Waals surface area contributed by atoms with Gasteiger partial charge >= 0.3 is 14.2 Å². The van der Waals surface area contributed by atoms with Crippen LogP contribution in [0.4, 0.5) is 4.39 Å². The lowest BCUT2D eigenvalue weighted by molar-refractivity contribution is -0.159. The molecule has 1 unspecified atom stereocenters. The summed E-state index contributed by atoms with van der Waals surface area (Å²) in [4.78, 5) is 16.5. The number of pyridine rings is 1. The van der Waals surface area contributed by atoms with Crippen molar-refractivity contribution in [2.45, 2.75) is 85.5 Å². The molecule has 1 aromatic carbocycles. The highest BCUT2D eigenvalue weighted by Crippen LogP contribution is 2.36. The van der Waals surface area contributed by atoms with Crippen LogP contribution < -0.4 is 4.74 Å². The standard InChI is InChI=1S/C28H37FNO7P/c1-18-14-24(34-16-36-38(33)37-17-35-27(32)28(3,4)5)25(29)19(2)22(18)15-21-12-13-23(31)26(30-21)20-10-8-6-7-9-11-20/h12-14,20H,6-11,15-17H2,1-5H3/p+1. The Morgan fingerprint density at radius 2 is 1.76 bits per heavy atom. The van der Waals surface area contributed by atoms with Crippen LogP contribution in [0.2, 0.25) is 0 Å². The summed E-state index contributed by atoms with van der Waals surface area (Å²) in [6, 6.07) is 5.03. The maximum atomic E-state index is 15.1. The third kappa shape index (κ3) is 8.19. The lowest BCUT2D eigenvalue weighted by atomic mass is 9.94. The van der Waals surface area contributed by atoms with Gasteiger partial charge in [-0.1, -0.05) is 34.7 Å². The van der Waals surface area contributed by atoms with Crippen molar-refractivity contribution in [3.8, 4) is 11.5 Å². The Balaban J connectivity index is 1.60. The van der Waals surface area contributed by atoms with Gasteiger partial charge in [0, 0.05) is 22.6 Å². The van der Waals surface area contributed by atoms with Crippen molar-refractivity contribution < 1.29 is 37.4 Å². The maximum absolute atomic E-state index is 15.1. The molecule has 208 valence electrons. The van der Waals surface area contributed by atoms with Gasteiger partial charge in [0.25, 0.3) is 0 Å². The number of carbonyl (C=O) groups excluding carboxylic acids is 1. The fourth-order valence-corrected chi connectivity index (χ4v) is 4.84. The summed E-state index contributed by atoms with van der Waals surface area (Å²) in [5.74, 6) is -0.628.